The molecule has 0 radical (unpaired) electrons. The van der Waals surface area contributed by atoms with Gasteiger partial charge in [0, 0.05) is 12.1 Å². The van der Waals surface area contributed by atoms with Crippen LogP contribution in [0.25, 0.3) is 10.2 Å². The van der Waals surface area contributed by atoms with Crippen LogP contribution in [0.4, 0.5) is 4.39 Å². The van der Waals surface area contributed by atoms with E-state index in [4.69, 9.17) is 0 Å². The van der Waals surface area contributed by atoms with Gasteiger partial charge in [-0.15, -0.1) is 6.58 Å². The highest BCUT2D eigenvalue weighted by atomic mass is 32.2. The van der Waals surface area contributed by atoms with Gasteiger partial charge >= 0.3 is 0 Å². The van der Waals surface area contributed by atoms with E-state index in [1.165, 1.54) is 47.7 Å². The van der Waals surface area contributed by atoms with Crippen molar-refractivity contribution in [2.24, 2.45) is 4.99 Å². The Hall–Kier alpha value is -2.58. The van der Waals surface area contributed by atoms with E-state index >= 15 is 0 Å². The number of hydrogen-bond acceptors (Lipinski definition) is 4. The summed E-state index contributed by atoms with van der Waals surface area (Å²) in [5.41, 5.74) is 1.04. The second-order valence-electron chi connectivity index (χ2n) is 5.74. The van der Waals surface area contributed by atoms with E-state index in [0.717, 1.165) is 5.52 Å². The maximum atomic E-state index is 13.5. The highest BCUT2D eigenvalue weighted by Crippen LogP contribution is 2.19. The topological polar surface area (TPSA) is 68.5 Å². The molecular weight excluding hydrogens is 387 g/mol. The van der Waals surface area contributed by atoms with Crippen LogP contribution in [-0.2, 0) is 16.4 Å². The monoisotopic (exact) mass is 404 g/mol. The summed E-state index contributed by atoms with van der Waals surface area (Å²) in [4.78, 5) is 17.3. The number of aromatic nitrogens is 1. The van der Waals surface area contributed by atoms with Gasteiger partial charge in [-0.2, -0.15) is 4.99 Å². The standard InChI is InChI=1S/C19H17FN2O3S2/c1-3-11-22-16-10-7-14(20)12-17(16)26-19(22)21-18(23)13-5-8-15(9-6-13)27(24,25)4-2/h3,5-10,12H,1,4,11H2,2H3. The Kier molecular flexibility index (Phi) is 5.38. The van der Waals surface area contributed by atoms with Gasteiger partial charge < -0.3 is 4.57 Å². The summed E-state index contributed by atoms with van der Waals surface area (Å²) in [6.45, 7) is 5.69. The molecule has 0 fully saturated rings. The maximum Gasteiger partial charge on any atom is 0.279 e. The van der Waals surface area contributed by atoms with E-state index in [1.807, 2.05) is 0 Å². The van der Waals surface area contributed by atoms with Crippen molar-refractivity contribution in [3.8, 4) is 0 Å². The first-order valence-electron chi connectivity index (χ1n) is 8.17. The first-order chi connectivity index (χ1) is 12.9. The van der Waals surface area contributed by atoms with Gasteiger partial charge in [-0.3, -0.25) is 4.79 Å². The van der Waals surface area contributed by atoms with Gasteiger partial charge in [0.2, 0.25) is 0 Å². The summed E-state index contributed by atoms with van der Waals surface area (Å²) in [7, 11) is -3.33. The number of rotatable bonds is 5. The number of nitrogens with zero attached hydrogens (tertiary/aromatic N) is 2. The molecule has 0 aliphatic rings. The second kappa shape index (κ2) is 7.58. The highest BCUT2D eigenvalue weighted by molar-refractivity contribution is 7.91. The Morgan fingerprint density at radius 2 is 1.96 bits per heavy atom. The minimum atomic E-state index is -3.33. The third kappa shape index (κ3) is 3.91. The number of fused-ring (bicyclic) bond motifs is 1. The molecule has 2 aromatic carbocycles. The van der Waals surface area contributed by atoms with E-state index in [0.29, 0.717) is 16.0 Å². The predicted octanol–water partition coefficient (Wildman–Crippen LogP) is 3.56. The largest absolute Gasteiger partial charge is 0.312 e. The molecule has 3 aromatic rings. The molecule has 0 aliphatic carbocycles. The van der Waals surface area contributed by atoms with Crippen molar-refractivity contribution in [3.63, 3.8) is 0 Å². The third-order valence-corrected chi connectivity index (χ3v) is 6.79. The molecule has 0 aliphatic heterocycles. The molecule has 1 heterocycles. The summed E-state index contributed by atoms with van der Waals surface area (Å²) in [5.74, 6) is -0.870. The van der Waals surface area contributed by atoms with Crippen LogP contribution in [0.2, 0.25) is 0 Å². The van der Waals surface area contributed by atoms with Crippen LogP contribution in [0.15, 0.2) is 65.0 Å². The van der Waals surface area contributed by atoms with Crippen LogP contribution in [0, 0.1) is 5.82 Å². The van der Waals surface area contributed by atoms with Crippen LogP contribution in [0.3, 0.4) is 0 Å². The number of hydrogen-bond donors (Lipinski definition) is 0. The molecule has 0 saturated carbocycles. The molecule has 5 nitrogen and oxygen atoms in total. The van der Waals surface area contributed by atoms with Crippen LogP contribution < -0.4 is 4.80 Å². The molecule has 1 amide bonds. The van der Waals surface area contributed by atoms with E-state index in [2.05, 4.69) is 11.6 Å². The highest BCUT2D eigenvalue weighted by Gasteiger charge is 2.13. The van der Waals surface area contributed by atoms with Crippen LogP contribution >= 0.6 is 11.3 Å². The number of halogens is 1. The Bertz CT molecular complexity index is 1190. The molecule has 1 aromatic heterocycles. The van der Waals surface area contributed by atoms with Gasteiger partial charge in [0.25, 0.3) is 5.91 Å². The Morgan fingerprint density at radius 3 is 2.59 bits per heavy atom. The zero-order chi connectivity index (χ0) is 19.6. The first-order valence-corrected chi connectivity index (χ1v) is 10.6. The maximum absolute atomic E-state index is 13.5. The molecule has 0 bridgehead atoms. The number of benzene rings is 2. The minimum Gasteiger partial charge on any atom is -0.312 e. The van der Waals surface area contributed by atoms with Crippen molar-refractivity contribution in [3.05, 3.63) is 71.3 Å². The fourth-order valence-corrected chi connectivity index (χ4v) is 4.51. The zero-order valence-electron chi connectivity index (χ0n) is 14.6. The second-order valence-corrected chi connectivity index (χ2v) is 9.03. The Labute approximate surface area is 160 Å². The first kappa shape index (κ1) is 19.2. The van der Waals surface area contributed by atoms with Crippen molar-refractivity contribution in [2.45, 2.75) is 18.4 Å². The smallest absolute Gasteiger partial charge is 0.279 e. The van der Waals surface area contributed by atoms with E-state index < -0.39 is 15.7 Å². The molecule has 140 valence electrons. The normalized spacial score (nSPS) is 12.4. The minimum absolute atomic E-state index is 0.00936. The lowest BCUT2D eigenvalue weighted by Gasteiger charge is -2.02. The van der Waals surface area contributed by atoms with Crippen LogP contribution in [0.5, 0.6) is 0 Å². The van der Waals surface area contributed by atoms with Gasteiger partial charge in [-0.25, -0.2) is 12.8 Å². The number of allylic oxidation sites excluding steroid dienone is 1. The quantitative estimate of drug-likeness (QED) is 0.611. The summed E-state index contributed by atoms with van der Waals surface area (Å²) >= 11 is 1.20. The number of thiazole rings is 1. The summed E-state index contributed by atoms with van der Waals surface area (Å²) in [6, 6.07) is 10.1. The van der Waals surface area contributed by atoms with E-state index in [9.17, 15) is 17.6 Å². The number of sulfone groups is 1. The molecule has 0 N–H and O–H groups in total. The van der Waals surface area contributed by atoms with Gasteiger partial charge in [0.15, 0.2) is 14.6 Å². The predicted molar refractivity (Wildman–Crippen MR) is 104 cm³/mol. The van der Waals surface area contributed by atoms with Crippen molar-refractivity contribution in [2.75, 3.05) is 5.75 Å². The molecule has 0 unspecified atom stereocenters. The van der Waals surface area contributed by atoms with Gasteiger partial charge in [-0.05, 0) is 42.5 Å². The average molecular weight is 404 g/mol. The van der Waals surface area contributed by atoms with Crippen molar-refractivity contribution in [1.29, 1.82) is 0 Å². The third-order valence-electron chi connectivity index (χ3n) is 3.99. The number of carbonyl (C=O) groups excluding carboxylic acids is 1. The fraction of sp³-hybridized carbons (Fsp3) is 0.158. The molecule has 0 atom stereocenters. The van der Waals surface area contributed by atoms with Crippen LogP contribution in [-0.4, -0.2) is 24.6 Å². The lowest BCUT2D eigenvalue weighted by Crippen LogP contribution is -2.16. The number of amides is 1. The van der Waals surface area contributed by atoms with Crippen molar-refractivity contribution >= 4 is 37.3 Å². The van der Waals surface area contributed by atoms with Crippen molar-refractivity contribution in [1.82, 2.24) is 4.57 Å². The van der Waals surface area contributed by atoms with Crippen molar-refractivity contribution < 1.29 is 17.6 Å². The van der Waals surface area contributed by atoms with Gasteiger partial charge in [-0.1, -0.05) is 24.3 Å². The molecular formula is C19H17FN2O3S2. The van der Waals surface area contributed by atoms with Gasteiger partial charge in [0.1, 0.15) is 5.82 Å². The summed E-state index contributed by atoms with van der Waals surface area (Å²) in [6.07, 6.45) is 1.67. The number of carbonyl (C=O) groups is 1. The average Bonchev–Trinajstić information content (AvgIpc) is 2.98. The summed E-state index contributed by atoms with van der Waals surface area (Å²) in [5, 5.41) is 0. The fourth-order valence-electron chi connectivity index (χ4n) is 2.56. The van der Waals surface area contributed by atoms with Crippen LogP contribution in [0.1, 0.15) is 17.3 Å². The Morgan fingerprint density at radius 1 is 1.26 bits per heavy atom. The molecule has 0 spiro atoms. The zero-order valence-corrected chi connectivity index (χ0v) is 16.2. The lowest BCUT2D eigenvalue weighted by atomic mass is 10.2. The SMILES string of the molecule is C=CCn1c(=NC(=O)c2ccc(S(=O)(=O)CC)cc2)sc2cc(F)ccc21. The van der Waals surface area contributed by atoms with E-state index in [-0.39, 0.29) is 22.0 Å². The van der Waals surface area contributed by atoms with E-state index in [1.54, 1.807) is 23.6 Å². The molecule has 0 saturated heterocycles. The molecule has 8 heteroatoms. The summed E-state index contributed by atoms with van der Waals surface area (Å²) < 4.78 is 39.7. The van der Waals surface area contributed by atoms with Gasteiger partial charge in [0.05, 0.1) is 20.9 Å². The lowest BCUT2D eigenvalue weighted by molar-refractivity contribution is 0.0998. The Balaban J connectivity index is 2.04. The molecule has 3 rings (SSSR count). The molecule has 27 heavy (non-hydrogen) atoms.